The summed E-state index contributed by atoms with van der Waals surface area (Å²) in [5.41, 5.74) is 7.94. The molecule has 0 spiro atoms. The summed E-state index contributed by atoms with van der Waals surface area (Å²) in [6.07, 6.45) is 3.02. The number of hydrogen-bond acceptors (Lipinski definition) is 2. The Balaban J connectivity index is 0.00000121. The van der Waals surface area contributed by atoms with Crippen LogP contribution in [0.4, 0.5) is 5.69 Å². The second kappa shape index (κ2) is 4.41. The predicted molar refractivity (Wildman–Crippen MR) is 77.6 cm³/mol. The van der Waals surface area contributed by atoms with Gasteiger partial charge in [-0.05, 0) is 29.3 Å². The van der Waals surface area contributed by atoms with Gasteiger partial charge in [-0.2, -0.15) is 0 Å². The Morgan fingerprint density at radius 3 is 2.95 bits per heavy atom. The molecule has 0 N–H and O–H groups in total. The molecule has 1 aromatic heterocycles. The molecule has 105 valence electrons. The van der Waals surface area contributed by atoms with Crippen LogP contribution in [0, 0.1) is 6.07 Å². The summed E-state index contributed by atoms with van der Waals surface area (Å²) in [6, 6.07) is 9.90. The van der Waals surface area contributed by atoms with Crippen LogP contribution in [0.25, 0.3) is 11.3 Å². The molecule has 2 heterocycles. The second-order valence-electron chi connectivity index (χ2n) is 6.11. The van der Waals surface area contributed by atoms with Crippen molar-refractivity contribution in [2.24, 2.45) is 0 Å². The molecule has 1 radical (unpaired) electrons. The van der Waals surface area contributed by atoms with E-state index in [1.54, 1.807) is 0 Å². The average molecular weight is 442 g/mol. The largest absolute Gasteiger partial charge is 0.390 e. The molecule has 1 aromatic carbocycles. The molecule has 1 aliphatic heterocycles. The molecular formula is C17H17IrN2-. The Morgan fingerprint density at radius 1 is 1.35 bits per heavy atom. The SMILES string of the molecule is CN1CCc2c[c-]c3c(c21)C(C)(C)c1cccnc1-3.[Ir]. The molecule has 2 nitrogen and oxygen atoms in total. The summed E-state index contributed by atoms with van der Waals surface area (Å²) in [5.74, 6) is 0. The van der Waals surface area contributed by atoms with Crippen molar-refractivity contribution in [2.45, 2.75) is 25.7 Å². The molecule has 2 aromatic rings. The van der Waals surface area contributed by atoms with Crippen LogP contribution in [-0.4, -0.2) is 18.6 Å². The molecular weight excluding hydrogens is 424 g/mol. The molecule has 2 aliphatic rings. The number of rotatable bonds is 0. The Hall–Kier alpha value is -1.18. The molecule has 0 fully saturated rings. The van der Waals surface area contributed by atoms with Gasteiger partial charge in [0.05, 0.1) is 0 Å². The smallest absolute Gasteiger partial charge is 0.0160 e. The van der Waals surface area contributed by atoms with Crippen LogP contribution in [-0.2, 0) is 31.9 Å². The second-order valence-corrected chi connectivity index (χ2v) is 6.11. The number of fused-ring (bicyclic) bond motifs is 5. The van der Waals surface area contributed by atoms with E-state index < -0.39 is 0 Å². The number of anilines is 1. The first-order valence-electron chi connectivity index (χ1n) is 6.86. The quantitative estimate of drug-likeness (QED) is 0.584. The summed E-state index contributed by atoms with van der Waals surface area (Å²) >= 11 is 0. The van der Waals surface area contributed by atoms with E-state index in [-0.39, 0.29) is 25.5 Å². The first kappa shape index (κ1) is 13.8. The monoisotopic (exact) mass is 442 g/mol. The summed E-state index contributed by atoms with van der Waals surface area (Å²) < 4.78 is 0. The zero-order chi connectivity index (χ0) is 13.2. The van der Waals surface area contributed by atoms with Gasteiger partial charge in [-0.25, -0.2) is 0 Å². The van der Waals surface area contributed by atoms with Crippen LogP contribution in [0.2, 0.25) is 0 Å². The number of pyridine rings is 1. The molecule has 0 amide bonds. The van der Waals surface area contributed by atoms with Crippen molar-refractivity contribution in [2.75, 3.05) is 18.5 Å². The molecule has 0 atom stereocenters. The maximum Gasteiger partial charge on any atom is 0.0160 e. The third-order valence-electron chi connectivity index (χ3n) is 4.62. The zero-order valence-corrected chi connectivity index (χ0v) is 14.3. The van der Waals surface area contributed by atoms with Crippen LogP contribution in [0.1, 0.15) is 30.5 Å². The average Bonchev–Trinajstić information content (AvgIpc) is 2.89. The number of benzene rings is 1. The van der Waals surface area contributed by atoms with E-state index in [1.165, 1.54) is 27.9 Å². The number of hydrogen-bond donors (Lipinski definition) is 0. The summed E-state index contributed by atoms with van der Waals surface area (Å²) in [6.45, 7) is 5.72. The molecule has 0 saturated carbocycles. The van der Waals surface area contributed by atoms with E-state index in [4.69, 9.17) is 0 Å². The first-order valence-corrected chi connectivity index (χ1v) is 6.86. The Kier molecular flexibility index (Phi) is 3.04. The van der Waals surface area contributed by atoms with E-state index in [2.05, 4.69) is 49.0 Å². The van der Waals surface area contributed by atoms with Gasteiger partial charge in [0.25, 0.3) is 0 Å². The van der Waals surface area contributed by atoms with Crippen LogP contribution in [0.15, 0.2) is 24.4 Å². The van der Waals surface area contributed by atoms with Crippen molar-refractivity contribution < 1.29 is 20.1 Å². The van der Waals surface area contributed by atoms with Gasteiger partial charge in [0.15, 0.2) is 0 Å². The fourth-order valence-electron chi connectivity index (χ4n) is 3.64. The maximum absolute atomic E-state index is 4.60. The fourth-order valence-corrected chi connectivity index (χ4v) is 3.64. The Morgan fingerprint density at radius 2 is 2.15 bits per heavy atom. The van der Waals surface area contributed by atoms with Gasteiger partial charge in [-0.15, -0.1) is 23.3 Å². The number of aromatic nitrogens is 1. The molecule has 1 aliphatic carbocycles. The maximum atomic E-state index is 4.60. The van der Waals surface area contributed by atoms with Crippen molar-refractivity contribution in [1.82, 2.24) is 4.98 Å². The zero-order valence-electron chi connectivity index (χ0n) is 12.0. The van der Waals surface area contributed by atoms with Crippen molar-refractivity contribution in [3.05, 3.63) is 47.2 Å². The third-order valence-corrected chi connectivity index (χ3v) is 4.62. The molecule has 0 saturated heterocycles. The van der Waals surface area contributed by atoms with E-state index >= 15 is 0 Å². The van der Waals surface area contributed by atoms with Crippen molar-refractivity contribution in [3.8, 4) is 11.3 Å². The number of nitrogens with zero attached hydrogens (tertiary/aromatic N) is 2. The minimum Gasteiger partial charge on any atom is -0.390 e. The van der Waals surface area contributed by atoms with Crippen molar-refractivity contribution in [1.29, 1.82) is 0 Å². The van der Waals surface area contributed by atoms with Gasteiger partial charge in [0.1, 0.15) is 0 Å². The van der Waals surface area contributed by atoms with Crippen LogP contribution >= 0.6 is 0 Å². The van der Waals surface area contributed by atoms with E-state index in [0.29, 0.717) is 0 Å². The molecule has 4 rings (SSSR count). The predicted octanol–water partition coefficient (Wildman–Crippen LogP) is 3.18. The summed E-state index contributed by atoms with van der Waals surface area (Å²) in [5, 5.41) is 0. The normalized spacial score (nSPS) is 17.2. The molecule has 3 heteroatoms. The van der Waals surface area contributed by atoms with Crippen molar-refractivity contribution in [3.63, 3.8) is 0 Å². The number of likely N-dealkylation sites (N-methyl/N-ethyl adjacent to an activating group) is 1. The van der Waals surface area contributed by atoms with Gasteiger partial charge in [0.2, 0.25) is 0 Å². The Labute approximate surface area is 133 Å². The standard InChI is InChI=1S/C17H17N2.Ir/c1-17(2)13-5-4-9-18-15(13)12-7-6-11-8-10-19(3)16(11)14(12)17;/h4-6,9H,8,10H2,1-3H3;/q-1;. The van der Waals surface area contributed by atoms with Crippen LogP contribution in [0.3, 0.4) is 0 Å². The molecule has 0 unspecified atom stereocenters. The third kappa shape index (κ3) is 1.57. The summed E-state index contributed by atoms with van der Waals surface area (Å²) in [7, 11) is 2.19. The first-order chi connectivity index (χ1) is 9.10. The van der Waals surface area contributed by atoms with Crippen LogP contribution in [0.5, 0.6) is 0 Å². The fraction of sp³-hybridized carbons (Fsp3) is 0.353. The molecule has 0 bridgehead atoms. The minimum atomic E-state index is 0. The topological polar surface area (TPSA) is 16.1 Å². The summed E-state index contributed by atoms with van der Waals surface area (Å²) in [4.78, 5) is 6.98. The van der Waals surface area contributed by atoms with E-state index in [9.17, 15) is 0 Å². The van der Waals surface area contributed by atoms with Gasteiger partial charge < -0.3 is 9.88 Å². The van der Waals surface area contributed by atoms with E-state index in [1.807, 2.05) is 12.3 Å². The van der Waals surface area contributed by atoms with Gasteiger partial charge in [-0.1, -0.05) is 31.0 Å². The van der Waals surface area contributed by atoms with Gasteiger partial charge >= 0.3 is 0 Å². The Bertz CT molecular complexity index is 691. The van der Waals surface area contributed by atoms with Gasteiger partial charge in [0, 0.05) is 39.9 Å². The van der Waals surface area contributed by atoms with Crippen LogP contribution < -0.4 is 4.90 Å². The van der Waals surface area contributed by atoms with Gasteiger partial charge in [-0.3, -0.25) is 0 Å². The van der Waals surface area contributed by atoms with Crippen molar-refractivity contribution >= 4 is 5.69 Å². The molecule has 20 heavy (non-hydrogen) atoms. The minimum absolute atomic E-state index is 0. The van der Waals surface area contributed by atoms with E-state index in [0.717, 1.165) is 18.7 Å².